The molecule has 1 N–H and O–H groups in total. The molecule has 0 amide bonds. The first-order chi connectivity index (χ1) is 11.8. The maximum Gasteiger partial charge on any atom is 0.225 e. The smallest absolute Gasteiger partial charge is 0.225 e. The zero-order valence-electron chi connectivity index (χ0n) is 15.5. The molecule has 7 heteroatoms. The molecule has 1 fully saturated rings. The van der Waals surface area contributed by atoms with Crippen molar-refractivity contribution in [3.8, 4) is 0 Å². The van der Waals surface area contributed by atoms with Crippen LogP contribution in [0, 0.1) is 13.8 Å². The van der Waals surface area contributed by atoms with Gasteiger partial charge in [0.1, 0.15) is 11.9 Å². The Bertz CT molecular complexity index is 718. The molecule has 0 spiro atoms. The topological polar surface area (TPSA) is 78.3 Å². The second-order valence-corrected chi connectivity index (χ2v) is 6.91. The highest BCUT2D eigenvalue weighted by atomic mass is 16.3. The number of piperazine rings is 1. The van der Waals surface area contributed by atoms with E-state index in [4.69, 9.17) is 0 Å². The second-order valence-electron chi connectivity index (χ2n) is 6.91. The van der Waals surface area contributed by atoms with E-state index in [1.165, 1.54) is 0 Å². The molecule has 1 aliphatic heterocycles. The fourth-order valence-corrected chi connectivity index (χ4v) is 3.50. The molecule has 3 atom stereocenters. The third-order valence-corrected chi connectivity index (χ3v) is 4.47. The van der Waals surface area contributed by atoms with Gasteiger partial charge in [-0.15, -0.1) is 0 Å². The first-order valence-corrected chi connectivity index (χ1v) is 8.71. The highest BCUT2D eigenvalue weighted by molar-refractivity contribution is 5.45. The number of hydrogen-bond donors (Lipinski definition) is 1. The van der Waals surface area contributed by atoms with E-state index in [2.05, 4.69) is 43.6 Å². The van der Waals surface area contributed by atoms with Crippen LogP contribution in [0.4, 0.5) is 11.8 Å². The summed E-state index contributed by atoms with van der Waals surface area (Å²) in [4.78, 5) is 22.4. The molecule has 134 valence electrons. The highest BCUT2D eigenvalue weighted by Crippen LogP contribution is 2.25. The summed E-state index contributed by atoms with van der Waals surface area (Å²) in [5, 5.41) is 9.75. The molecule has 7 nitrogen and oxygen atoms in total. The summed E-state index contributed by atoms with van der Waals surface area (Å²) >= 11 is 0. The Kier molecular flexibility index (Phi) is 4.85. The Morgan fingerprint density at radius 1 is 1.08 bits per heavy atom. The first kappa shape index (κ1) is 17.5. The van der Waals surface area contributed by atoms with Crippen molar-refractivity contribution in [2.24, 2.45) is 0 Å². The highest BCUT2D eigenvalue weighted by Gasteiger charge is 2.32. The minimum absolute atomic E-state index is 0.241. The van der Waals surface area contributed by atoms with Crippen LogP contribution in [0.3, 0.4) is 0 Å². The summed E-state index contributed by atoms with van der Waals surface area (Å²) in [6.07, 6.45) is 1.04. The Balaban J connectivity index is 1.84. The molecule has 0 saturated carbocycles. The van der Waals surface area contributed by atoms with E-state index < -0.39 is 6.10 Å². The summed E-state index contributed by atoms with van der Waals surface area (Å²) in [6, 6.07) is 4.38. The summed E-state index contributed by atoms with van der Waals surface area (Å²) in [5.74, 6) is 2.10. The largest absolute Gasteiger partial charge is 0.385 e. The Morgan fingerprint density at radius 2 is 1.68 bits per heavy atom. The van der Waals surface area contributed by atoms with Gasteiger partial charge in [-0.25, -0.2) is 19.9 Å². The minimum atomic E-state index is -0.671. The van der Waals surface area contributed by atoms with Gasteiger partial charge in [0.25, 0.3) is 0 Å². The number of aromatic nitrogens is 4. The maximum atomic E-state index is 9.75. The van der Waals surface area contributed by atoms with Gasteiger partial charge in [-0.05, 0) is 46.8 Å². The molecule has 1 aliphatic rings. The molecule has 3 rings (SSSR count). The van der Waals surface area contributed by atoms with Gasteiger partial charge in [0.15, 0.2) is 5.82 Å². The van der Waals surface area contributed by atoms with Crippen LogP contribution in [0.5, 0.6) is 0 Å². The van der Waals surface area contributed by atoms with Crippen LogP contribution in [-0.2, 0) is 0 Å². The molecule has 25 heavy (non-hydrogen) atoms. The van der Waals surface area contributed by atoms with Crippen molar-refractivity contribution < 1.29 is 5.11 Å². The predicted molar refractivity (Wildman–Crippen MR) is 97.8 cm³/mol. The van der Waals surface area contributed by atoms with Crippen molar-refractivity contribution in [3.63, 3.8) is 0 Å². The van der Waals surface area contributed by atoms with E-state index >= 15 is 0 Å². The second kappa shape index (κ2) is 6.92. The lowest BCUT2D eigenvalue weighted by atomic mass is 10.1. The minimum Gasteiger partial charge on any atom is -0.385 e. The summed E-state index contributed by atoms with van der Waals surface area (Å²) in [7, 11) is 0. The van der Waals surface area contributed by atoms with Gasteiger partial charge in [-0.1, -0.05) is 0 Å². The monoisotopic (exact) mass is 342 g/mol. The molecule has 1 saturated heterocycles. The number of rotatable bonds is 3. The fraction of sp³-hybridized carbons (Fsp3) is 0.556. The molecule has 2 aromatic rings. The number of hydrogen-bond acceptors (Lipinski definition) is 7. The van der Waals surface area contributed by atoms with E-state index in [1.807, 2.05) is 26.0 Å². The van der Waals surface area contributed by atoms with Gasteiger partial charge in [0.2, 0.25) is 5.95 Å². The third-order valence-electron chi connectivity index (χ3n) is 4.47. The molecule has 0 aliphatic carbocycles. The molecular weight excluding hydrogens is 316 g/mol. The first-order valence-electron chi connectivity index (χ1n) is 8.71. The Hall–Kier alpha value is -2.28. The number of aryl methyl sites for hydroxylation is 2. The molecule has 2 aromatic heterocycles. The van der Waals surface area contributed by atoms with Crippen molar-refractivity contribution in [2.45, 2.75) is 52.8 Å². The van der Waals surface area contributed by atoms with Crippen LogP contribution in [0.15, 0.2) is 18.3 Å². The standard InChI is InChI=1S/C18H26N6O/c1-11-8-12(2)21-18(20-11)23-9-13(3)24(14(4)10-23)16-6-7-19-17(22-16)15(5)25/h6-8,13-15,25H,9-10H2,1-5H3/t13-,14+,15-/m1/s1. The van der Waals surface area contributed by atoms with E-state index in [-0.39, 0.29) is 12.1 Å². The average molecular weight is 342 g/mol. The molecule has 3 heterocycles. The zero-order chi connectivity index (χ0) is 18.1. The van der Waals surface area contributed by atoms with Crippen LogP contribution >= 0.6 is 0 Å². The molecule has 0 unspecified atom stereocenters. The Labute approximate surface area is 148 Å². The van der Waals surface area contributed by atoms with E-state index in [1.54, 1.807) is 13.1 Å². The zero-order valence-corrected chi connectivity index (χ0v) is 15.5. The van der Waals surface area contributed by atoms with Gasteiger partial charge < -0.3 is 14.9 Å². The van der Waals surface area contributed by atoms with Gasteiger partial charge in [0.05, 0.1) is 0 Å². The van der Waals surface area contributed by atoms with E-state index in [9.17, 15) is 5.11 Å². The predicted octanol–water partition coefficient (Wildman–Crippen LogP) is 2.04. The number of aliphatic hydroxyl groups is 1. The quantitative estimate of drug-likeness (QED) is 0.914. The lowest BCUT2D eigenvalue weighted by molar-refractivity contribution is 0.189. The van der Waals surface area contributed by atoms with E-state index in [0.717, 1.165) is 36.2 Å². The van der Waals surface area contributed by atoms with Gasteiger partial charge in [-0.3, -0.25) is 0 Å². The van der Waals surface area contributed by atoms with Gasteiger partial charge in [0, 0.05) is 42.8 Å². The Morgan fingerprint density at radius 3 is 2.24 bits per heavy atom. The lowest BCUT2D eigenvalue weighted by Crippen LogP contribution is -2.57. The summed E-state index contributed by atoms with van der Waals surface area (Å²) in [6.45, 7) is 11.7. The fourth-order valence-electron chi connectivity index (χ4n) is 3.50. The van der Waals surface area contributed by atoms with E-state index in [0.29, 0.717) is 5.82 Å². The van der Waals surface area contributed by atoms with Gasteiger partial charge in [-0.2, -0.15) is 0 Å². The molecule has 0 aromatic carbocycles. The summed E-state index contributed by atoms with van der Waals surface area (Å²) < 4.78 is 0. The number of aliphatic hydroxyl groups excluding tert-OH is 1. The third kappa shape index (κ3) is 3.71. The summed E-state index contributed by atoms with van der Waals surface area (Å²) in [5.41, 5.74) is 1.98. The molecular formula is C18H26N6O. The van der Waals surface area contributed by atoms with Crippen LogP contribution < -0.4 is 9.80 Å². The van der Waals surface area contributed by atoms with Crippen LogP contribution in [0.1, 0.15) is 44.1 Å². The average Bonchev–Trinajstić information content (AvgIpc) is 2.53. The van der Waals surface area contributed by atoms with Crippen molar-refractivity contribution in [2.75, 3.05) is 22.9 Å². The van der Waals surface area contributed by atoms with Crippen LogP contribution in [0.2, 0.25) is 0 Å². The van der Waals surface area contributed by atoms with Crippen LogP contribution in [0.25, 0.3) is 0 Å². The van der Waals surface area contributed by atoms with Crippen LogP contribution in [-0.4, -0.2) is 50.2 Å². The maximum absolute atomic E-state index is 9.75. The van der Waals surface area contributed by atoms with Crippen molar-refractivity contribution in [1.29, 1.82) is 0 Å². The van der Waals surface area contributed by atoms with Crippen molar-refractivity contribution >= 4 is 11.8 Å². The SMILES string of the molecule is Cc1cc(C)nc(N2C[C@@H](C)N(c3ccnc([C@@H](C)O)n3)[C@@H](C)C2)n1. The molecule has 0 radical (unpaired) electrons. The van der Waals surface area contributed by atoms with Crippen molar-refractivity contribution in [1.82, 2.24) is 19.9 Å². The van der Waals surface area contributed by atoms with Crippen molar-refractivity contribution in [3.05, 3.63) is 35.5 Å². The normalized spacial score (nSPS) is 22.2. The molecule has 0 bridgehead atoms. The number of anilines is 2. The van der Waals surface area contributed by atoms with Gasteiger partial charge >= 0.3 is 0 Å². The number of nitrogens with zero attached hydrogens (tertiary/aromatic N) is 6. The lowest BCUT2D eigenvalue weighted by Gasteiger charge is -2.45.